The number of halogens is 3. The second-order valence-corrected chi connectivity index (χ2v) is 13.9. The van der Waals surface area contributed by atoms with Gasteiger partial charge in [-0.15, -0.1) is 0 Å². The van der Waals surface area contributed by atoms with Gasteiger partial charge in [-0.25, -0.2) is 30.3 Å². The molecule has 5 rings (SSSR count). The number of carbonyl (C=O) groups is 1. The summed E-state index contributed by atoms with van der Waals surface area (Å²) < 4.78 is 79.3. The molecule has 0 saturated heterocycles. The highest BCUT2D eigenvalue weighted by atomic mass is 35.5. The van der Waals surface area contributed by atoms with Crippen LogP contribution in [0.2, 0.25) is 5.02 Å². The van der Waals surface area contributed by atoms with Crippen molar-refractivity contribution in [1.82, 2.24) is 4.72 Å². The fourth-order valence-electron chi connectivity index (χ4n) is 5.07. The first-order valence-electron chi connectivity index (χ1n) is 11.1. The summed E-state index contributed by atoms with van der Waals surface area (Å²) in [5.41, 5.74) is -1.43. The maximum Gasteiger partial charge on any atom is 0.255 e. The fourth-order valence-corrected chi connectivity index (χ4v) is 7.96. The zero-order valence-electron chi connectivity index (χ0n) is 19.4. The summed E-state index contributed by atoms with van der Waals surface area (Å²) in [6.45, 7) is 1.11. The van der Waals surface area contributed by atoms with Crippen molar-refractivity contribution >= 4 is 43.1 Å². The van der Waals surface area contributed by atoms with Gasteiger partial charge in [-0.1, -0.05) is 11.6 Å². The molecule has 3 saturated carbocycles. The first kappa shape index (κ1) is 26.9. The van der Waals surface area contributed by atoms with Crippen LogP contribution in [0.1, 0.15) is 35.2 Å². The standard InChI is InChI=1S/C23H25ClF2N2O6S2/c1-12-19(6-5-18(25)21(12)26)28-22(29)13-3-4-17(24)20(7-13)36(33,34)16-9-14-8-15(10-16)23(14,30)11-27-35(2,31)32/h3-7,14-16,27,30H,8-11H2,1-2H3,(H,28,29). The average molecular weight is 563 g/mol. The van der Waals surface area contributed by atoms with E-state index in [-0.39, 0.29) is 46.1 Å². The molecule has 8 nitrogen and oxygen atoms in total. The van der Waals surface area contributed by atoms with Crippen LogP contribution in [0, 0.1) is 30.4 Å². The lowest BCUT2D eigenvalue weighted by molar-refractivity contribution is -0.170. The van der Waals surface area contributed by atoms with E-state index >= 15 is 0 Å². The van der Waals surface area contributed by atoms with E-state index in [1.807, 2.05) is 0 Å². The minimum atomic E-state index is -4.01. The Kier molecular flexibility index (Phi) is 6.97. The van der Waals surface area contributed by atoms with Gasteiger partial charge in [0.1, 0.15) is 0 Å². The molecule has 0 aromatic heterocycles. The smallest absolute Gasteiger partial charge is 0.255 e. The normalized spacial score (nSPS) is 25.8. The molecule has 0 heterocycles. The fraction of sp³-hybridized carbons (Fsp3) is 0.435. The molecule has 0 spiro atoms. The van der Waals surface area contributed by atoms with Crippen LogP contribution in [0.5, 0.6) is 0 Å². The highest BCUT2D eigenvalue weighted by molar-refractivity contribution is 7.92. The van der Waals surface area contributed by atoms with E-state index in [0.29, 0.717) is 6.42 Å². The number of carbonyl (C=O) groups excluding carboxylic acids is 1. The number of hydrogen-bond donors (Lipinski definition) is 3. The van der Waals surface area contributed by atoms with Crippen molar-refractivity contribution in [2.45, 2.75) is 41.9 Å². The predicted molar refractivity (Wildman–Crippen MR) is 130 cm³/mol. The molecule has 3 fully saturated rings. The van der Waals surface area contributed by atoms with Gasteiger partial charge in [-0.2, -0.15) is 0 Å². The maximum atomic E-state index is 13.8. The van der Waals surface area contributed by atoms with Gasteiger partial charge in [-0.3, -0.25) is 4.79 Å². The van der Waals surface area contributed by atoms with Crippen LogP contribution in [0.15, 0.2) is 35.2 Å². The summed E-state index contributed by atoms with van der Waals surface area (Å²) >= 11 is 6.20. The summed E-state index contributed by atoms with van der Waals surface area (Å²) in [5, 5.41) is 12.4. The van der Waals surface area contributed by atoms with Gasteiger partial charge in [-0.05, 0) is 68.4 Å². The molecule has 2 unspecified atom stereocenters. The zero-order valence-corrected chi connectivity index (χ0v) is 21.8. The van der Waals surface area contributed by atoms with Gasteiger partial charge in [0.2, 0.25) is 10.0 Å². The minimum absolute atomic E-state index is 0.0348. The van der Waals surface area contributed by atoms with Gasteiger partial charge < -0.3 is 10.4 Å². The van der Waals surface area contributed by atoms with Crippen molar-refractivity contribution in [2.24, 2.45) is 11.8 Å². The van der Waals surface area contributed by atoms with Crippen LogP contribution in [-0.4, -0.2) is 51.5 Å². The van der Waals surface area contributed by atoms with E-state index in [1.165, 1.54) is 25.1 Å². The van der Waals surface area contributed by atoms with Crippen molar-refractivity contribution in [3.8, 4) is 0 Å². The van der Waals surface area contributed by atoms with Gasteiger partial charge in [0.05, 0.1) is 27.0 Å². The van der Waals surface area contributed by atoms with Crippen molar-refractivity contribution in [2.75, 3.05) is 18.1 Å². The molecule has 13 heteroatoms. The first-order chi connectivity index (χ1) is 16.6. The molecule has 1 amide bonds. The molecule has 3 N–H and O–H groups in total. The Hall–Kier alpha value is -2.12. The highest BCUT2D eigenvalue weighted by Gasteiger charge is 2.60. The Balaban J connectivity index is 1.54. The van der Waals surface area contributed by atoms with Crippen LogP contribution in [0.3, 0.4) is 0 Å². The first-order valence-corrected chi connectivity index (χ1v) is 14.9. The summed E-state index contributed by atoms with van der Waals surface area (Å²) in [7, 11) is -7.53. The lowest BCUT2D eigenvalue weighted by atomic mass is 9.54. The Morgan fingerprint density at radius 3 is 2.36 bits per heavy atom. The van der Waals surface area contributed by atoms with E-state index in [2.05, 4.69) is 10.0 Å². The quantitative estimate of drug-likeness (QED) is 0.476. The Labute approximate surface area is 213 Å². The lowest BCUT2D eigenvalue weighted by Gasteiger charge is -2.58. The molecule has 0 radical (unpaired) electrons. The highest BCUT2D eigenvalue weighted by Crippen LogP contribution is 2.55. The number of anilines is 1. The van der Waals surface area contributed by atoms with E-state index in [0.717, 1.165) is 18.4 Å². The van der Waals surface area contributed by atoms with Crippen LogP contribution < -0.4 is 10.0 Å². The second kappa shape index (κ2) is 9.32. The van der Waals surface area contributed by atoms with Crippen molar-refractivity contribution in [3.05, 3.63) is 58.1 Å². The number of benzene rings is 2. The van der Waals surface area contributed by atoms with E-state index in [1.54, 1.807) is 0 Å². The molecule has 2 aromatic rings. The number of amides is 1. The second-order valence-electron chi connectivity index (χ2n) is 9.49. The van der Waals surface area contributed by atoms with Crippen LogP contribution in [0.4, 0.5) is 14.5 Å². The number of nitrogens with one attached hydrogen (secondary N) is 2. The Morgan fingerprint density at radius 1 is 1.11 bits per heavy atom. The lowest BCUT2D eigenvalue weighted by Crippen LogP contribution is -2.66. The zero-order chi connectivity index (χ0) is 26.6. The molecular weight excluding hydrogens is 538 g/mol. The summed E-state index contributed by atoms with van der Waals surface area (Å²) in [6, 6.07) is 5.81. The topological polar surface area (TPSA) is 130 Å². The minimum Gasteiger partial charge on any atom is -0.388 e. The van der Waals surface area contributed by atoms with Crippen molar-refractivity contribution in [1.29, 1.82) is 0 Å². The number of rotatable bonds is 7. The molecule has 0 aliphatic heterocycles. The molecule has 36 heavy (non-hydrogen) atoms. The molecule has 3 aliphatic rings. The van der Waals surface area contributed by atoms with Gasteiger partial charge in [0, 0.05) is 23.4 Å². The number of fused-ring (bicyclic) bond motifs is 2. The summed E-state index contributed by atoms with van der Waals surface area (Å²) in [6.07, 6.45) is 1.79. The third-order valence-electron chi connectivity index (χ3n) is 7.22. The third-order valence-corrected chi connectivity index (χ3v) is 10.5. The largest absolute Gasteiger partial charge is 0.388 e. The number of sulfonamides is 1. The average Bonchev–Trinajstić information content (AvgIpc) is 2.82. The Morgan fingerprint density at radius 2 is 1.75 bits per heavy atom. The number of aliphatic hydroxyl groups is 1. The maximum absolute atomic E-state index is 13.8. The van der Waals surface area contributed by atoms with Gasteiger partial charge in [0.25, 0.3) is 5.91 Å². The van der Waals surface area contributed by atoms with Crippen molar-refractivity contribution < 1.29 is 35.5 Å². The molecule has 2 atom stereocenters. The van der Waals surface area contributed by atoms with Crippen LogP contribution in [-0.2, 0) is 19.9 Å². The van der Waals surface area contributed by atoms with E-state index in [4.69, 9.17) is 11.6 Å². The molecule has 2 bridgehead atoms. The molecular formula is C23H25ClF2N2O6S2. The summed E-state index contributed by atoms with van der Waals surface area (Å²) in [5.74, 6) is -3.71. The van der Waals surface area contributed by atoms with Crippen LogP contribution in [0.25, 0.3) is 0 Å². The monoisotopic (exact) mass is 562 g/mol. The van der Waals surface area contributed by atoms with Crippen molar-refractivity contribution in [3.63, 3.8) is 0 Å². The van der Waals surface area contributed by atoms with E-state index < -0.39 is 60.1 Å². The molecule has 3 aliphatic carbocycles. The Bertz CT molecular complexity index is 1440. The SMILES string of the molecule is Cc1c(NC(=O)c2ccc(Cl)c(S(=O)(=O)C3CC4CC(C3)C4(O)CNS(C)(=O)=O)c2)ccc(F)c1F. The third kappa shape index (κ3) is 4.89. The molecule has 2 aromatic carbocycles. The predicted octanol–water partition coefficient (Wildman–Crippen LogP) is 3.03. The van der Waals surface area contributed by atoms with Crippen LogP contribution >= 0.6 is 11.6 Å². The summed E-state index contributed by atoms with van der Waals surface area (Å²) in [4.78, 5) is 12.5. The number of hydrogen-bond acceptors (Lipinski definition) is 6. The van der Waals surface area contributed by atoms with Gasteiger partial charge >= 0.3 is 0 Å². The van der Waals surface area contributed by atoms with E-state index in [9.17, 15) is 35.5 Å². The molecule has 196 valence electrons. The van der Waals surface area contributed by atoms with Gasteiger partial charge in [0.15, 0.2) is 21.5 Å². The number of sulfone groups is 1.